The molecule has 28 heavy (non-hydrogen) atoms. The molecular weight excluding hydrogens is 376 g/mol. The van der Waals surface area contributed by atoms with Crippen LogP contribution < -0.4 is 10.0 Å². The summed E-state index contributed by atoms with van der Waals surface area (Å²) in [4.78, 5) is 17.1. The Hall–Kier alpha value is -3.13. The van der Waals surface area contributed by atoms with E-state index in [1.165, 1.54) is 0 Å². The van der Waals surface area contributed by atoms with Gasteiger partial charge in [-0.2, -0.15) is 0 Å². The molecule has 2 N–H and O–H groups in total. The number of carbonyl (C=O) groups is 1. The van der Waals surface area contributed by atoms with Crippen molar-refractivity contribution >= 4 is 21.6 Å². The second-order valence-corrected chi connectivity index (χ2v) is 8.27. The Morgan fingerprint density at radius 2 is 1.82 bits per heavy atom. The van der Waals surface area contributed by atoms with Gasteiger partial charge in [0.25, 0.3) is 5.91 Å². The number of carbonyl (C=O) groups excluding carboxylic acids is 1. The molecule has 1 aromatic carbocycles. The normalized spacial score (nSPS) is 11.2. The number of rotatable bonds is 6. The lowest BCUT2D eigenvalue weighted by atomic mass is 10.1. The number of sulfonamides is 1. The fourth-order valence-corrected chi connectivity index (χ4v) is 3.67. The zero-order chi connectivity index (χ0) is 20.3. The van der Waals surface area contributed by atoms with Gasteiger partial charge in [-0.05, 0) is 43.7 Å². The first-order chi connectivity index (χ1) is 13.3. The fourth-order valence-electron chi connectivity index (χ4n) is 3.08. The van der Waals surface area contributed by atoms with Crippen LogP contribution in [-0.2, 0) is 16.6 Å². The maximum absolute atomic E-state index is 12.7. The third kappa shape index (κ3) is 4.40. The van der Waals surface area contributed by atoms with Crippen LogP contribution >= 0.6 is 0 Å². The summed E-state index contributed by atoms with van der Waals surface area (Å²) < 4.78 is 27.4. The number of aryl methyl sites for hydroxylation is 1. The van der Waals surface area contributed by atoms with Crippen LogP contribution in [0.25, 0.3) is 5.82 Å². The van der Waals surface area contributed by atoms with E-state index in [1.54, 1.807) is 30.5 Å². The van der Waals surface area contributed by atoms with E-state index in [2.05, 4.69) is 15.0 Å². The van der Waals surface area contributed by atoms with Crippen LogP contribution in [0.3, 0.4) is 0 Å². The number of hydrogen-bond acceptors (Lipinski definition) is 4. The summed E-state index contributed by atoms with van der Waals surface area (Å²) in [6.45, 7) is 3.99. The molecular formula is C20H22N4O3S. The Balaban J connectivity index is 1.81. The van der Waals surface area contributed by atoms with E-state index in [-0.39, 0.29) is 12.5 Å². The number of nitrogens with one attached hydrogen (secondary N) is 2. The standard InChI is InChI=1S/C20H22N4O3S/c1-14-12-17(15(2)24(14)19-10-6-7-11-21-19)20(25)22-13-16-8-4-5-9-18(16)23-28(3,26)27/h4-12,23H,13H2,1-3H3,(H,22,25). The summed E-state index contributed by atoms with van der Waals surface area (Å²) in [6, 6.07) is 14.4. The molecule has 0 fully saturated rings. The van der Waals surface area contributed by atoms with Gasteiger partial charge in [0.2, 0.25) is 10.0 Å². The summed E-state index contributed by atoms with van der Waals surface area (Å²) in [5, 5.41) is 2.87. The molecule has 146 valence electrons. The third-order valence-corrected chi connectivity index (χ3v) is 4.90. The molecule has 2 aromatic heterocycles. The van der Waals surface area contributed by atoms with Crippen molar-refractivity contribution in [3.63, 3.8) is 0 Å². The Morgan fingerprint density at radius 1 is 1.11 bits per heavy atom. The van der Waals surface area contributed by atoms with E-state index in [4.69, 9.17) is 0 Å². The van der Waals surface area contributed by atoms with Crippen LogP contribution in [0, 0.1) is 13.8 Å². The van der Waals surface area contributed by atoms with Gasteiger partial charge in [-0.25, -0.2) is 13.4 Å². The minimum Gasteiger partial charge on any atom is -0.348 e. The minimum absolute atomic E-state index is 0.199. The highest BCUT2D eigenvalue weighted by molar-refractivity contribution is 7.92. The summed E-state index contributed by atoms with van der Waals surface area (Å²) in [5.41, 5.74) is 3.37. The van der Waals surface area contributed by atoms with E-state index < -0.39 is 10.0 Å². The van der Waals surface area contributed by atoms with Crippen LogP contribution in [0.2, 0.25) is 0 Å². The molecule has 0 saturated heterocycles. The largest absolute Gasteiger partial charge is 0.348 e. The zero-order valence-corrected chi connectivity index (χ0v) is 16.7. The SMILES string of the molecule is Cc1cc(C(=O)NCc2ccccc2NS(C)(=O)=O)c(C)n1-c1ccccn1. The van der Waals surface area contributed by atoms with Crippen molar-refractivity contribution in [3.05, 3.63) is 77.2 Å². The molecule has 0 bridgehead atoms. The molecule has 0 spiro atoms. The molecule has 0 atom stereocenters. The van der Waals surface area contributed by atoms with Gasteiger partial charge in [-0.1, -0.05) is 24.3 Å². The lowest BCUT2D eigenvalue weighted by Gasteiger charge is -2.12. The molecule has 2 heterocycles. The van der Waals surface area contributed by atoms with Crippen molar-refractivity contribution < 1.29 is 13.2 Å². The van der Waals surface area contributed by atoms with Gasteiger partial charge >= 0.3 is 0 Å². The van der Waals surface area contributed by atoms with Crippen molar-refractivity contribution in [1.29, 1.82) is 0 Å². The average molecular weight is 398 g/mol. The van der Waals surface area contributed by atoms with Gasteiger partial charge < -0.3 is 9.88 Å². The number of nitrogens with zero attached hydrogens (tertiary/aromatic N) is 2. The third-order valence-electron chi connectivity index (χ3n) is 4.31. The van der Waals surface area contributed by atoms with Gasteiger partial charge in [0.05, 0.1) is 17.5 Å². The highest BCUT2D eigenvalue weighted by Crippen LogP contribution is 2.20. The Morgan fingerprint density at radius 3 is 2.50 bits per heavy atom. The van der Waals surface area contributed by atoms with Crippen LogP contribution in [-0.4, -0.2) is 30.1 Å². The molecule has 3 aromatic rings. The monoisotopic (exact) mass is 398 g/mol. The first kappa shape index (κ1) is 19.6. The molecule has 1 amide bonds. The van der Waals surface area contributed by atoms with E-state index in [1.807, 2.05) is 42.7 Å². The molecule has 3 rings (SSSR count). The van der Waals surface area contributed by atoms with Crippen molar-refractivity contribution in [2.45, 2.75) is 20.4 Å². The second-order valence-electron chi connectivity index (χ2n) is 6.52. The van der Waals surface area contributed by atoms with E-state index in [0.29, 0.717) is 16.8 Å². The fraction of sp³-hybridized carbons (Fsp3) is 0.200. The number of hydrogen-bond donors (Lipinski definition) is 2. The first-order valence-electron chi connectivity index (χ1n) is 8.70. The highest BCUT2D eigenvalue weighted by Gasteiger charge is 2.17. The predicted octanol–water partition coefficient (Wildman–Crippen LogP) is 2.79. The van der Waals surface area contributed by atoms with E-state index in [0.717, 1.165) is 23.5 Å². The number of anilines is 1. The van der Waals surface area contributed by atoms with Crippen LogP contribution in [0.5, 0.6) is 0 Å². The lowest BCUT2D eigenvalue weighted by molar-refractivity contribution is 0.0950. The number of para-hydroxylation sites is 1. The van der Waals surface area contributed by atoms with Crippen LogP contribution in [0.15, 0.2) is 54.7 Å². The quantitative estimate of drug-likeness (QED) is 0.668. The Labute approximate surface area is 164 Å². The number of amides is 1. The number of benzene rings is 1. The van der Waals surface area contributed by atoms with E-state index in [9.17, 15) is 13.2 Å². The summed E-state index contributed by atoms with van der Waals surface area (Å²) in [7, 11) is -3.40. The first-order valence-corrected chi connectivity index (χ1v) is 10.6. The molecule has 0 saturated carbocycles. The van der Waals surface area contributed by atoms with Gasteiger partial charge in [0.15, 0.2) is 0 Å². The maximum atomic E-state index is 12.7. The molecule has 0 aliphatic heterocycles. The summed E-state index contributed by atoms with van der Waals surface area (Å²) in [6.07, 6.45) is 2.80. The smallest absolute Gasteiger partial charge is 0.253 e. The Bertz CT molecular complexity index is 1110. The Kier molecular flexibility index (Phi) is 5.51. The van der Waals surface area contributed by atoms with Crippen LogP contribution in [0.4, 0.5) is 5.69 Å². The van der Waals surface area contributed by atoms with Crippen molar-refractivity contribution in [3.8, 4) is 5.82 Å². The van der Waals surface area contributed by atoms with Gasteiger partial charge in [-0.15, -0.1) is 0 Å². The highest BCUT2D eigenvalue weighted by atomic mass is 32.2. The predicted molar refractivity (Wildman–Crippen MR) is 109 cm³/mol. The zero-order valence-electron chi connectivity index (χ0n) is 15.9. The number of aromatic nitrogens is 2. The molecule has 7 nitrogen and oxygen atoms in total. The van der Waals surface area contributed by atoms with E-state index >= 15 is 0 Å². The average Bonchev–Trinajstić information content (AvgIpc) is 2.94. The van der Waals surface area contributed by atoms with Gasteiger partial charge in [0, 0.05) is 24.1 Å². The molecule has 0 radical (unpaired) electrons. The van der Waals surface area contributed by atoms with Crippen molar-refractivity contribution in [2.75, 3.05) is 11.0 Å². The number of pyridine rings is 1. The van der Waals surface area contributed by atoms with Gasteiger partial charge in [-0.3, -0.25) is 9.52 Å². The molecule has 0 unspecified atom stereocenters. The topological polar surface area (TPSA) is 93.1 Å². The molecule has 8 heteroatoms. The molecule has 0 aliphatic rings. The molecule has 0 aliphatic carbocycles. The lowest BCUT2D eigenvalue weighted by Crippen LogP contribution is -2.24. The van der Waals surface area contributed by atoms with Crippen molar-refractivity contribution in [1.82, 2.24) is 14.9 Å². The maximum Gasteiger partial charge on any atom is 0.253 e. The summed E-state index contributed by atoms with van der Waals surface area (Å²) in [5.74, 6) is 0.517. The van der Waals surface area contributed by atoms with Crippen LogP contribution in [0.1, 0.15) is 27.3 Å². The van der Waals surface area contributed by atoms with Gasteiger partial charge in [0.1, 0.15) is 5.82 Å². The van der Waals surface area contributed by atoms with Crippen molar-refractivity contribution in [2.24, 2.45) is 0 Å². The summed E-state index contributed by atoms with van der Waals surface area (Å²) >= 11 is 0. The minimum atomic E-state index is -3.40. The second kappa shape index (κ2) is 7.85.